The Morgan fingerprint density at radius 3 is 2.84 bits per heavy atom. The van der Waals surface area contributed by atoms with Gasteiger partial charge in [0.2, 0.25) is 0 Å². The van der Waals surface area contributed by atoms with Gasteiger partial charge in [-0.1, -0.05) is 19.3 Å². The summed E-state index contributed by atoms with van der Waals surface area (Å²) in [5, 5.41) is 10.9. The first-order chi connectivity index (χ1) is 9.31. The summed E-state index contributed by atoms with van der Waals surface area (Å²) in [5.74, 6) is 0. The van der Waals surface area contributed by atoms with Crippen LogP contribution in [0.3, 0.4) is 0 Å². The molecule has 0 amide bonds. The molecule has 2 aromatic rings. The number of nitrogens with one attached hydrogen (secondary N) is 2. The fraction of sp³-hybridized carbons (Fsp3) is 0.400. The van der Waals surface area contributed by atoms with Gasteiger partial charge in [-0.2, -0.15) is 0 Å². The minimum atomic E-state index is 0.554. The molecule has 0 spiro atoms. The smallest absolute Gasteiger partial charge is 0.170 e. The summed E-state index contributed by atoms with van der Waals surface area (Å²) in [4.78, 5) is 0. The lowest BCUT2D eigenvalue weighted by molar-refractivity contribution is 0.415. The molecule has 1 saturated carbocycles. The SMILES string of the molecule is S=C(Nc1ccc2sccc2c1)NC1CCCCC1. The Bertz CT molecular complexity index is 570. The van der Waals surface area contributed by atoms with E-state index < -0.39 is 0 Å². The number of benzene rings is 1. The summed E-state index contributed by atoms with van der Waals surface area (Å²) in [6.45, 7) is 0. The summed E-state index contributed by atoms with van der Waals surface area (Å²) in [6.07, 6.45) is 6.49. The molecule has 0 aliphatic heterocycles. The molecule has 2 nitrogen and oxygen atoms in total. The van der Waals surface area contributed by atoms with Gasteiger partial charge < -0.3 is 10.6 Å². The van der Waals surface area contributed by atoms with Gasteiger partial charge in [-0.15, -0.1) is 11.3 Å². The second-order valence-electron chi connectivity index (χ2n) is 5.11. The maximum Gasteiger partial charge on any atom is 0.170 e. The van der Waals surface area contributed by atoms with Crippen LogP contribution in [0.5, 0.6) is 0 Å². The average molecular weight is 290 g/mol. The van der Waals surface area contributed by atoms with E-state index in [1.165, 1.54) is 42.2 Å². The first-order valence-electron chi connectivity index (χ1n) is 6.86. The van der Waals surface area contributed by atoms with E-state index in [2.05, 4.69) is 40.3 Å². The first kappa shape index (κ1) is 12.9. The molecule has 3 rings (SSSR count). The monoisotopic (exact) mass is 290 g/mol. The zero-order chi connectivity index (χ0) is 13.1. The lowest BCUT2D eigenvalue weighted by Crippen LogP contribution is -2.38. The van der Waals surface area contributed by atoms with Crippen LogP contribution in [0.15, 0.2) is 29.6 Å². The van der Waals surface area contributed by atoms with Crippen LogP contribution in [0, 0.1) is 0 Å². The number of rotatable bonds is 2. The summed E-state index contributed by atoms with van der Waals surface area (Å²) in [6, 6.07) is 9.08. The Kier molecular flexibility index (Phi) is 3.99. The number of fused-ring (bicyclic) bond motifs is 1. The number of thiophene rings is 1. The van der Waals surface area contributed by atoms with Crippen LogP contribution in [0.1, 0.15) is 32.1 Å². The molecule has 1 heterocycles. The number of thiocarbonyl (C=S) groups is 1. The molecule has 1 aromatic heterocycles. The Balaban J connectivity index is 1.61. The summed E-state index contributed by atoms with van der Waals surface area (Å²) < 4.78 is 1.32. The topological polar surface area (TPSA) is 24.1 Å². The number of anilines is 1. The van der Waals surface area contributed by atoms with E-state index in [-0.39, 0.29) is 0 Å². The van der Waals surface area contributed by atoms with Gasteiger partial charge >= 0.3 is 0 Å². The molecule has 1 aliphatic rings. The summed E-state index contributed by atoms with van der Waals surface area (Å²) in [7, 11) is 0. The minimum Gasteiger partial charge on any atom is -0.360 e. The van der Waals surface area contributed by atoms with Crippen molar-refractivity contribution in [3.8, 4) is 0 Å². The van der Waals surface area contributed by atoms with Gasteiger partial charge in [-0.3, -0.25) is 0 Å². The van der Waals surface area contributed by atoms with Crippen molar-refractivity contribution in [2.45, 2.75) is 38.1 Å². The molecule has 100 valence electrons. The molecule has 0 unspecified atom stereocenters. The van der Waals surface area contributed by atoms with Gasteiger partial charge in [0.25, 0.3) is 0 Å². The maximum absolute atomic E-state index is 5.40. The Hall–Kier alpha value is -1.13. The second-order valence-corrected chi connectivity index (χ2v) is 6.46. The summed E-state index contributed by atoms with van der Waals surface area (Å²) >= 11 is 7.17. The van der Waals surface area contributed by atoms with Crippen LogP contribution < -0.4 is 10.6 Å². The van der Waals surface area contributed by atoms with E-state index in [1.807, 2.05) is 0 Å². The Morgan fingerprint density at radius 1 is 1.16 bits per heavy atom. The van der Waals surface area contributed by atoms with E-state index in [4.69, 9.17) is 12.2 Å². The third-order valence-electron chi connectivity index (χ3n) is 3.65. The molecule has 1 fully saturated rings. The third kappa shape index (κ3) is 3.25. The predicted molar refractivity (Wildman–Crippen MR) is 88.1 cm³/mol. The van der Waals surface area contributed by atoms with E-state index >= 15 is 0 Å². The van der Waals surface area contributed by atoms with Gasteiger partial charge in [0, 0.05) is 16.4 Å². The van der Waals surface area contributed by atoms with Crippen molar-refractivity contribution in [2.24, 2.45) is 0 Å². The highest BCUT2D eigenvalue weighted by Crippen LogP contribution is 2.24. The van der Waals surface area contributed by atoms with Crippen LogP contribution in [0.25, 0.3) is 10.1 Å². The quantitative estimate of drug-likeness (QED) is 0.795. The molecule has 0 radical (unpaired) electrons. The molecule has 19 heavy (non-hydrogen) atoms. The molecule has 0 atom stereocenters. The normalized spacial score (nSPS) is 16.4. The minimum absolute atomic E-state index is 0.554. The van der Waals surface area contributed by atoms with E-state index in [0.29, 0.717) is 6.04 Å². The highest BCUT2D eigenvalue weighted by atomic mass is 32.1. The highest BCUT2D eigenvalue weighted by molar-refractivity contribution is 7.80. The predicted octanol–water partition coefficient (Wildman–Crippen LogP) is 4.52. The van der Waals surface area contributed by atoms with Crippen LogP contribution in [-0.2, 0) is 0 Å². The lowest BCUT2D eigenvalue weighted by Gasteiger charge is -2.24. The van der Waals surface area contributed by atoms with Crippen molar-refractivity contribution in [1.82, 2.24) is 5.32 Å². The molecule has 4 heteroatoms. The second kappa shape index (κ2) is 5.88. The van der Waals surface area contributed by atoms with Crippen molar-refractivity contribution in [3.63, 3.8) is 0 Å². The van der Waals surface area contributed by atoms with Crippen LogP contribution in [-0.4, -0.2) is 11.2 Å². The van der Waals surface area contributed by atoms with Gasteiger partial charge in [-0.25, -0.2) is 0 Å². The first-order valence-corrected chi connectivity index (χ1v) is 8.15. The van der Waals surface area contributed by atoms with Gasteiger partial charge in [0.1, 0.15) is 0 Å². The fourth-order valence-electron chi connectivity index (χ4n) is 2.64. The van der Waals surface area contributed by atoms with Crippen molar-refractivity contribution >= 4 is 44.4 Å². The molecule has 1 aliphatic carbocycles. The molecule has 1 aromatic carbocycles. The van der Waals surface area contributed by atoms with Gasteiger partial charge in [0.05, 0.1) is 0 Å². The Labute approximate surface area is 123 Å². The van der Waals surface area contributed by atoms with Crippen LogP contribution in [0.4, 0.5) is 5.69 Å². The zero-order valence-corrected chi connectivity index (χ0v) is 12.4. The summed E-state index contributed by atoms with van der Waals surface area (Å²) in [5.41, 5.74) is 1.07. The van der Waals surface area contributed by atoms with Crippen LogP contribution >= 0.6 is 23.6 Å². The zero-order valence-electron chi connectivity index (χ0n) is 10.8. The van der Waals surface area contributed by atoms with E-state index in [9.17, 15) is 0 Å². The maximum atomic E-state index is 5.40. The highest BCUT2D eigenvalue weighted by Gasteiger charge is 2.13. The molecular weight excluding hydrogens is 272 g/mol. The lowest BCUT2D eigenvalue weighted by atomic mass is 9.96. The number of hydrogen-bond acceptors (Lipinski definition) is 2. The van der Waals surface area contributed by atoms with Crippen LogP contribution in [0.2, 0.25) is 0 Å². The van der Waals surface area contributed by atoms with E-state index in [0.717, 1.165) is 10.8 Å². The molecule has 2 N–H and O–H groups in total. The standard InChI is InChI=1S/C15H18N2S2/c18-15(16-12-4-2-1-3-5-12)17-13-6-7-14-11(10-13)8-9-19-14/h6-10,12H,1-5H2,(H2,16,17,18). The number of hydrogen-bond donors (Lipinski definition) is 2. The molecule has 0 saturated heterocycles. The average Bonchev–Trinajstić information content (AvgIpc) is 2.87. The van der Waals surface area contributed by atoms with Crippen molar-refractivity contribution in [1.29, 1.82) is 0 Å². The Morgan fingerprint density at radius 2 is 2.00 bits per heavy atom. The molecular formula is C15H18N2S2. The van der Waals surface area contributed by atoms with Crippen molar-refractivity contribution < 1.29 is 0 Å². The largest absolute Gasteiger partial charge is 0.360 e. The molecule has 0 bridgehead atoms. The van der Waals surface area contributed by atoms with Gasteiger partial charge in [0.15, 0.2) is 5.11 Å². The third-order valence-corrected chi connectivity index (χ3v) is 4.77. The fourth-order valence-corrected chi connectivity index (χ4v) is 3.70. The van der Waals surface area contributed by atoms with Crippen molar-refractivity contribution in [3.05, 3.63) is 29.6 Å². The van der Waals surface area contributed by atoms with Gasteiger partial charge in [-0.05, 0) is 60.1 Å². The van der Waals surface area contributed by atoms with Crippen molar-refractivity contribution in [2.75, 3.05) is 5.32 Å². The van der Waals surface area contributed by atoms with E-state index in [1.54, 1.807) is 11.3 Å².